The number of amides is 4. The van der Waals surface area contributed by atoms with E-state index in [2.05, 4.69) is 10.6 Å². The molecule has 0 bridgehead atoms. The molecule has 2 unspecified atom stereocenters. The third-order valence-corrected chi connectivity index (χ3v) is 4.79. The summed E-state index contributed by atoms with van der Waals surface area (Å²) in [5, 5.41) is 5.57. The van der Waals surface area contributed by atoms with Gasteiger partial charge in [0.15, 0.2) is 0 Å². The molecule has 0 radical (unpaired) electrons. The number of nitrogens with one attached hydrogen (secondary N) is 2. The van der Waals surface area contributed by atoms with Crippen LogP contribution < -0.4 is 16.4 Å². The van der Waals surface area contributed by atoms with Crippen molar-refractivity contribution in [2.24, 2.45) is 11.7 Å². The summed E-state index contributed by atoms with van der Waals surface area (Å²) in [6, 6.07) is -0.473. The molecule has 2 aliphatic rings. The van der Waals surface area contributed by atoms with E-state index < -0.39 is 17.1 Å². The normalized spacial score (nSPS) is 27.7. The molecule has 1 aliphatic carbocycles. The molecule has 0 aromatic carbocycles. The number of urea groups is 1. The fourth-order valence-corrected chi connectivity index (χ4v) is 3.25. The Labute approximate surface area is 143 Å². The van der Waals surface area contributed by atoms with Gasteiger partial charge < -0.3 is 16.4 Å². The molecular weight excluding hydrogens is 320 g/mol. The maximum Gasteiger partial charge on any atom is 0.325 e. The first-order chi connectivity index (χ1) is 10.2. The van der Waals surface area contributed by atoms with Crippen LogP contribution >= 0.6 is 12.4 Å². The van der Waals surface area contributed by atoms with Gasteiger partial charge in [-0.3, -0.25) is 14.5 Å². The predicted octanol–water partition coefficient (Wildman–Crippen LogP) is 0.762. The third-order valence-electron chi connectivity index (χ3n) is 4.79. The molecule has 23 heavy (non-hydrogen) atoms. The van der Waals surface area contributed by atoms with Crippen molar-refractivity contribution in [3.8, 4) is 0 Å². The predicted molar refractivity (Wildman–Crippen MR) is 89.1 cm³/mol. The van der Waals surface area contributed by atoms with Crippen LogP contribution in [0.1, 0.15) is 46.5 Å². The molecule has 1 saturated heterocycles. The lowest BCUT2D eigenvalue weighted by atomic mass is 9.73. The van der Waals surface area contributed by atoms with E-state index in [-0.39, 0.29) is 43.2 Å². The lowest BCUT2D eigenvalue weighted by Gasteiger charge is -2.36. The van der Waals surface area contributed by atoms with Crippen molar-refractivity contribution in [2.75, 3.05) is 13.1 Å². The van der Waals surface area contributed by atoms with Gasteiger partial charge in [0.1, 0.15) is 12.1 Å². The average Bonchev–Trinajstić information content (AvgIpc) is 2.67. The highest BCUT2D eigenvalue weighted by Crippen LogP contribution is 2.38. The smallest absolute Gasteiger partial charge is 0.325 e. The SMILES string of the molecule is CC1CCCCC12NC(=O)N(CC(=O)NC(C)(C)CN)C2=O.Cl. The zero-order valence-electron chi connectivity index (χ0n) is 14.0. The lowest BCUT2D eigenvalue weighted by Crippen LogP contribution is -2.55. The molecule has 4 amide bonds. The molecule has 2 atom stereocenters. The number of nitrogens with two attached hydrogens (primary N) is 1. The Kier molecular flexibility index (Phi) is 6.04. The summed E-state index contributed by atoms with van der Waals surface area (Å²) in [6.45, 7) is 5.59. The second kappa shape index (κ2) is 7.05. The lowest BCUT2D eigenvalue weighted by molar-refractivity contribution is -0.137. The van der Waals surface area contributed by atoms with E-state index in [0.717, 1.165) is 24.2 Å². The highest BCUT2D eigenvalue weighted by molar-refractivity contribution is 6.09. The molecule has 0 aromatic rings. The van der Waals surface area contributed by atoms with Gasteiger partial charge in [-0.2, -0.15) is 0 Å². The van der Waals surface area contributed by atoms with Crippen molar-refractivity contribution in [1.29, 1.82) is 0 Å². The van der Waals surface area contributed by atoms with Gasteiger partial charge in [0.2, 0.25) is 5.91 Å². The zero-order chi connectivity index (χ0) is 16.5. The molecule has 2 rings (SSSR count). The van der Waals surface area contributed by atoms with Gasteiger partial charge >= 0.3 is 6.03 Å². The molecule has 7 nitrogen and oxygen atoms in total. The number of carbonyl (C=O) groups is 3. The van der Waals surface area contributed by atoms with Crippen molar-refractivity contribution in [2.45, 2.75) is 57.5 Å². The summed E-state index contributed by atoms with van der Waals surface area (Å²) in [6.07, 6.45) is 3.53. The van der Waals surface area contributed by atoms with E-state index in [1.807, 2.05) is 6.92 Å². The minimum Gasteiger partial charge on any atom is -0.348 e. The first-order valence-electron chi connectivity index (χ1n) is 7.87. The highest BCUT2D eigenvalue weighted by Gasteiger charge is 2.55. The number of hydrogen-bond donors (Lipinski definition) is 3. The van der Waals surface area contributed by atoms with Gasteiger partial charge in [-0.25, -0.2) is 4.79 Å². The van der Waals surface area contributed by atoms with E-state index in [4.69, 9.17) is 5.73 Å². The van der Waals surface area contributed by atoms with Crippen molar-refractivity contribution >= 4 is 30.3 Å². The molecule has 2 fully saturated rings. The monoisotopic (exact) mass is 346 g/mol. The average molecular weight is 347 g/mol. The van der Waals surface area contributed by atoms with Crippen LogP contribution in [0.4, 0.5) is 4.79 Å². The first kappa shape index (κ1) is 19.7. The van der Waals surface area contributed by atoms with Gasteiger partial charge in [0.25, 0.3) is 5.91 Å². The molecule has 1 saturated carbocycles. The summed E-state index contributed by atoms with van der Waals surface area (Å²) in [7, 11) is 0. The van der Waals surface area contributed by atoms with Gasteiger partial charge in [-0.15, -0.1) is 12.4 Å². The van der Waals surface area contributed by atoms with Crippen LogP contribution in [0, 0.1) is 5.92 Å². The van der Waals surface area contributed by atoms with E-state index in [0.29, 0.717) is 6.42 Å². The molecule has 1 spiro atoms. The van der Waals surface area contributed by atoms with E-state index >= 15 is 0 Å². The van der Waals surface area contributed by atoms with Gasteiger partial charge in [0.05, 0.1) is 0 Å². The Morgan fingerprint density at radius 2 is 2.09 bits per heavy atom. The fraction of sp³-hybridized carbons (Fsp3) is 0.800. The second-order valence-corrected chi connectivity index (χ2v) is 7.08. The van der Waals surface area contributed by atoms with Crippen LogP contribution in [0.3, 0.4) is 0 Å². The summed E-state index contributed by atoms with van der Waals surface area (Å²) >= 11 is 0. The quantitative estimate of drug-likeness (QED) is 0.654. The first-order valence-corrected chi connectivity index (χ1v) is 7.87. The molecule has 1 aliphatic heterocycles. The summed E-state index contributed by atoms with van der Waals surface area (Å²) in [5.74, 6) is -0.559. The number of halogens is 1. The Balaban J connectivity index is 0.00000264. The third kappa shape index (κ3) is 3.77. The molecule has 132 valence electrons. The number of imide groups is 1. The minimum absolute atomic E-state index is 0. The van der Waals surface area contributed by atoms with Gasteiger partial charge in [-0.1, -0.05) is 19.8 Å². The van der Waals surface area contributed by atoms with Crippen molar-refractivity contribution in [3.05, 3.63) is 0 Å². The maximum atomic E-state index is 12.7. The van der Waals surface area contributed by atoms with Crippen LogP contribution in [0.5, 0.6) is 0 Å². The van der Waals surface area contributed by atoms with Crippen molar-refractivity contribution in [3.63, 3.8) is 0 Å². The van der Waals surface area contributed by atoms with E-state index in [9.17, 15) is 14.4 Å². The van der Waals surface area contributed by atoms with Crippen LogP contribution in [0.2, 0.25) is 0 Å². The maximum absolute atomic E-state index is 12.7. The Morgan fingerprint density at radius 1 is 1.43 bits per heavy atom. The summed E-state index contributed by atoms with van der Waals surface area (Å²) in [4.78, 5) is 38.0. The van der Waals surface area contributed by atoms with Gasteiger partial charge in [-0.05, 0) is 32.6 Å². The van der Waals surface area contributed by atoms with Crippen molar-refractivity contribution < 1.29 is 14.4 Å². The molecule has 1 heterocycles. The topological polar surface area (TPSA) is 105 Å². The number of carbonyl (C=O) groups excluding carboxylic acids is 3. The standard InChI is InChI=1S/C15H26N4O3.ClH/c1-10-6-4-5-7-15(10)12(21)19(13(22)18-15)8-11(20)17-14(2,3)9-16;/h10H,4-9,16H2,1-3H3,(H,17,20)(H,18,22);1H. The summed E-state index contributed by atoms with van der Waals surface area (Å²) in [5.41, 5.74) is 4.19. The minimum atomic E-state index is -0.820. The van der Waals surface area contributed by atoms with Crippen LogP contribution in [0.15, 0.2) is 0 Å². The number of nitrogens with zero attached hydrogens (tertiary/aromatic N) is 1. The molecule has 8 heteroatoms. The largest absolute Gasteiger partial charge is 0.348 e. The van der Waals surface area contributed by atoms with Crippen LogP contribution in [-0.2, 0) is 9.59 Å². The molecule has 0 aromatic heterocycles. The molecule has 4 N–H and O–H groups in total. The van der Waals surface area contributed by atoms with Gasteiger partial charge in [0, 0.05) is 12.1 Å². The Bertz CT molecular complexity index is 497. The zero-order valence-corrected chi connectivity index (χ0v) is 14.8. The van der Waals surface area contributed by atoms with Crippen LogP contribution in [0.25, 0.3) is 0 Å². The second-order valence-electron chi connectivity index (χ2n) is 7.08. The Hall–Kier alpha value is -1.34. The fourth-order valence-electron chi connectivity index (χ4n) is 3.25. The number of rotatable bonds is 4. The van der Waals surface area contributed by atoms with E-state index in [1.54, 1.807) is 13.8 Å². The van der Waals surface area contributed by atoms with Crippen molar-refractivity contribution in [1.82, 2.24) is 15.5 Å². The summed E-state index contributed by atoms with van der Waals surface area (Å²) < 4.78 is 0. The van der Waals surface area contributed by atoms with E-state index in [1.165, 1.54) is 0 Å². The highest BCUT2D eigenvalue weighted by atomic mass is 35.5. The Morgan fingerprint density at radius 3 is 2.65 bits per heavy atom. The van der Waals surface area contributed by atoms with Crippen LogP contribution in [-0.4, -0.2) is 46.9 Å². The molecular formula is C15H27ClN4O3. The number of hydrogen-bond acceptors (Lipinski definition) is 4.